The highest BCUT2D eigenvalue weighted by molar-refractivity contribution is 5.55. The van der Waals surface area contributed by atoms with E-state index in [4.69, 9.17) is 4.74 Å². The molecule has 3 atom stereocenters. The van der Waals surface area contributed by atoms with Gasteiger partial charge in [0.15, 0.2) is 0 Å². The molecule has 0 aromatic heterocycles. The summed E-state index contributed by atoms with van der Waals surface area (Å²) in [5.41, 5.74) is 2.50. The number of ether oxygens (including phenoxy) is 1. The lowest BCUT2D eigenvalue weighted by molar-refractivity contribution is 0.218. The number of nitrogens with one attached hydrogen (secondary N) is 1. The van der Waals surface area contributed by atoms with Crippen LogP contribution in [-0.4, -0.2) is 13.2 Å². The fourth-order valence-electron chi connectivity index (χ4n) is 3.01. The van der Waals surface area contributed by atoms with Crippen LogP contribution in [0.1, 0.15) is 18.4 Å². The molecular weight excluding hydrogens is 210 g/mol. The summed E-state index contributed by atoms with van der Waals surface area (Å²) in [5.74, 6) is 2.60. The number of fused-ring (bicyclic) bond motifs is 1. The molecule has 1 fully saturated rings. The molecule has 1 N–H and O–H groups in total. The molecule has 0 heterocycles. The molecular formula is C15H19NO. The van der Waals surface area contributed by atoms with Gasteiger partial charge in [-0.1, -0.05) is 12.2 Å². The highest BCUT2D eigenvalue weighted by atomic mass is 16.5. The van der Waals surface area contributed by atoms with Crippen molar-refractivity contribution in [3.05, 3.63) is 35.9 Å². The Kier molecular flexibility index (Phi) is 2.58. The first kappa shape index (κ1) is 10.7. The Labute approximate surface area is 103 Å². The molecule has 0 spiro atoms. The van der Waals surface area contributed by atoms with E-state index >= 15 is 0 Å². The van der Waals surface area contributed by atoms with Crippen LogP contribution < -0.4 is 10.1 Å². The number of anilines is 1. The first-order chi connectivity index (χ1) is 8.28. The van der Waals surface area contributed by atoms with Crippen molar-refractivity contribution in [3.63, 3.8) is 0 Å². The molecule has 2 heteroatoms. The van der Waals surface area contributed by atoms with E-state index in [0.717, 1.165) is 17.6 Å². The van der Waals surface area contributed by atoms with Crippen LogP contribution in [0.3, 0.4) is 0 Å². The van der Waals surface area contributed by atoms with Crippen molar-refractivity contribution in [3.8, 4) is 5.75 Å². The lowest BCUT2D eigenvalue weighted by Crippen LogP contribution is -2.43. The molecule has 3 unspecified atom stereocenters. The topological polar surface area (TPSA) is 21.3 Å². The van der Waals surface area contributed by atoms with Crippen molar-refractivity contribution in [1.29, 1.82) is 0 Å². The average Bonchev–Trinajstić information content (AvgIpc) is 2.69. The zero-order chi connectivity index (χ0) is 11.8. The monoisotopic (exact) mass is 229 g/mol. The molecule has 0 aliphatic heterocycles. The maximum Gasteiger partial charge on any atom is 0.119 e. The predicted molar refractivity (Wildman–Crippen MR) is 70.5 cm³/mol. The number of hydrogen-bond donors (Lipinski definition) is 1. The van der Waals surface area contributed by atoms with Gasteiger partial charge in [0, 0.05) is 17.6 Å². The van der Waals surface area contributed by atoms with Crippen LogP contribution in [0.5, 0.6) is 5.75 Å². The van der Waals surface area contributed by atoms with Gasteiger partial charge in [-0.25, -0.2) is 0 Å². The molecule has 0 radical (unpaired) electrons. The Morgan fingerprint density at radius 2 is 2.24 bits per heavy atom. The highest BCUT2D eigenvalue weighted by Crippen LogP contribution is 2.44. The Morgan fingerprint density at radius 3 is 2.94 bits per heavy atom. The van der Waals surface area contributed by atoms with E-state index in [1.807, 2.05) is 6.07 Å². The molecule has 90 valence electrons. The lowest BCUT2D eigenvalue weighted by Gasteiger charge is -2.41. The van der Waals surface area contributed by atoms with Crippen LogP contribution in [0.2, 0.25) is 0 Å². The number of methoxy groups -OCH3 is 1. The van der Waals surface area contributed by atoms with Gasteiger partial charge in [-0.3, -0.25) is 0 Å². The fraction of sp³-hybridized carbons (Fsp3) is 0.467. The molecule has 3 rings (SSSR count). The second-order valence-electron chi connectivity index (χ2n) is 5.17. The van der Waals surface area contributed by atoms with Gasteiger partial charge in [0.05, 0.1) is 7.11 Å². The van der Waals surface area contributed by atoms with E-state index in [0.29, 0.717) is 6.04 Å². The van der Waals surface area contributed by atoms with E-state index in [9.17, 15) is 0 Å². The normalized spacial score (nSPS) is 29.6. The van der Waals surface area contributed by atoms with Crippen LogP contribution in [-0.2, 0) is 0 Å². The molecule has 2 aliphatic rings. The van der Waals surface area contributed by atoms with Crippen LogP contribution in [0.4, 0.5) is 5.69 Å². The minimum atomic E-state index is 0.630. The summed E-state index contributed by atoms with van der Waals surface area (Å²) in [6.45, 7) is 2.13. The van der Waals surface area contributed by atoms with Crippen molar-refractivity contribution >= 4 is 5.69 Å². The summed E-state index contributed by atoms with van der Waals surface area (Å²) >= 11 is 0. The highest BCUT2D eigenvalue weighted by Gasteiger charge is 2.40. The first-order valence-corrected chi connectivity index (χ1v) is 6.36. The quantitative estimate of drug-likeness (QED) is 0.802. The molecule has 0 saturated heterocycles. The number of rotatable bonds is 3. The lowest BCUT2D eigenvalue weighted by atomic mass is 9.71. The van der Waals surface area contributed by atoms with E-state index in [1.54, 1.807) is 7.11 Å². The number of allylic oxidation sites excluding steroid dienone is 1. The molecule has 1 aromatic rings. The summed E-state index contributed by atoms with van der Waals surface area (Å²) < 4.78 is 5.23. The molecule has 2 aliphatic carbocycles. The van der Waals surface area contributed by atoms with Crippen LogP contribution in [0, 0.1) is 18.8 Å². The minimum absolute atomic E-state index is 0.630. The summed E-state index contributed by atoms with van der Waals surface area (Å²) in [5, 5.41) is 3.66. The van der Waals surface area contributed by atoms with Crippen LogP contribution in [0.25, 0.3) is 0 Å². The molecule has 1 aromatic carbocycles. The fourth-order valence-corrected chi connectivity index (χ4v) is 3.01. The van der Waals surface area contributed by atoms with E-state index in [1.165, 1.54) is 24.1 Å². The number of benzene rings is 1. The summed E-state index contributed by atoms with van der Waals surface area (Å²) in [6, 6.07) is 6.87. The van der Waals surface area contributed by atoms with Gasteiger partial charge in [-0.15, -0.1) is 0 Å². The third-order valence-electron chi connectivity index (χ3n) is 4.14. The molecule has 1 saturated carbocycles. The van der Waals surface area contributed by atoms with Crippen molar-refractivity contribution in [2.75, 3.05) is 12.4 Å². The average molecular weight is 229 g/mol. The van der Waals surface area contributed by atoms with E-state index < -0.39 is 0 Å². The minimum Gasteiger partial charge on any atom is -0.497 e. The van der Waals surface area contributed by atoms with E-state index in [-0.39, 0.29) is 0 Å². The molecule has 2 nitrogen and oxygen atoms in total. The Morgan fingerprint density at radius 1 is 1.35 bits per heavy atom. The Hall–Kier alpha value is -1.44. The molecule has 0 bridgehead atoms. The number of hydrogen-bond acceptors (Lipinski definition) is 2. The third-order valence-corrected chi connectivity index (χ3v) is 4.14. The maximum atomic E-state index is 5.23. The van der Waals surface area contributed by atoms with Gasteiger partial charge in [-0.05, 0) is 49.4 Å². The van der Waals surface area contributed by atoms with Gasteiger partial charge >= 0.3 is 0 Å². The standard InChI is InChI=1S/C15H19NO/c1-10-8-12(17-2)6-7-14(10)16-15-9-11-4-3-5-13(11)15/h3,5-8,11,13,15-16H,4,9H2,1-2H3. The smallest absolute Gasteiger partial charge is 0.119 e. The summed E-state index contributed by atoms with van der Waals surface area (Å²) in [4.78, 5) is 0. The molecule has 17 heavy (non-hydrogen) atoms. The summed E-state index contributed by atoms with van der Waals surface area (Å²) in [6.07, 6.45) is 7.30. The zero-order valence-corrected chi connectivity index (χ0v) is 10.4. The maximum absolute atomic E-state index is 5.23. The predicted octanol–water partition coefficient (Wildman–Crippen LogP) is 3.38. The molecule has 0 amide bonds. The van der Waals surface area contributed by atoms with Crippen molar-refractivity contribution in [2.24, 2.45) is 11.8 Å². The van der Waals surface area contributed by atoms with Crippen LogP contribution in [0.15, 0.2) is 30.4 Å². The Bertz CT molecular complexity index is 452. The second-order valence-corrected chi connectivity index (χ2v) is 5.17. The largest absolute Gasteiger partial charge is 0.497 e. The van der Waals surface area contributed by atoms with Gasteiger partial charge in [0.2, 0.25) is 0 Å². The van der Waals surface area contributed by atoms with Gasteiger partial charge in [0.25, 0.3) is 0 Å². The van der Waals surface area contributed by atoms with Gasteiger partial charge < -0.3 is 10.1 Å². The SMILES string of the molecule is COc1ccc(NC2CC3CC=CC32)c(C)c1. The third kappa shape index (κ3) is 1.82. The second kappa shape index (κ2) is 4.10. The van der Waals surface area contributed by atoms with Crippen molar-refractivity contribution < 1.29 is 4.74 Å². The first-order valence-electron chi connectivity index (χ1n) is 6.36. The van der Waals surface area contributed by atoms with Crippen molar-refractivity contribution in [1.82, 2.24) is 0 Å². The van der Waals surface area contributed by atoms with E-state index in [2.05, 4.69) is 36.5 Å². The van der Waals surface area contributed by atoms with Crippen molar-refractivity contribution in [2.45, 2.75) is 25.8 Å². The van der Waals surface area contributed by atoms with Gasteiger partial charge in [-0.2, -0.15) is 0 Å². The summed E-state index contributed by atoms with van der Waals surface area (Å²) in [7, 11) is 1.71. The number of aryl methyl sites for hydroxylation is 1. The van der Waals surface area contributed by atoms with Gasteiger partial charge in [0.1, 0.15) is 5.75 Å². The Balaban J connectivity index is 1.71. The van der Waals surface area contributed by atoms with Crippen LogP contribution >= 0.6 is 0 Å². The zero-order valence-electron chi connectivity index (χ0n) is 10.4.